The zero-order valence-electron chi connectivity index (χ0n) is 18.1. The fourth-order valence-electron chi connectivity index (χ4n) is 3.36. The van der Waals surface area contributed by atoms with E-state index in [2.05, 4.69) is 20.5 Å². The molecule has 2 aromatic heterocycles. The Morgan fingerprint density at radius 3 is 2.72 bits per heavy atom. The van der Waals surface area contributed by atoms with Gasteiger partial charge in [0.1, 0.15) is 11.2 Å². The monoisotopic (exact) mass is 448 g/mol. The Balaban J connectivity index is 1.60. The van der Waals surface area contributed by atoms with Gasteiger partial charge in [-0.2, -0.15) is 5.10 Å². The maximum absolute atomic E-state index is 12.6. The highest BCUT2D eigenvalue weighted by Crippen LogP contribution is 2.23. The Morgan fingerprint density at radius 2 is 2.00 bits per heavy atom. The summed E-state index contributed by atoms with van der Waals surface area (Å²) in [6.45, 7) is 6.38. The molecule has 0 aliphatic rings. The number of nitrogens with one attached hydrogen (secondary N) is 3. The van der Waals surface area contributed by atoms with Crippen molar-refractivity contribution in [3.05, 3.63) is 65.3 Å². The van der Waals surface area contributed by atoms with Gasteiger partial charge in [0.25, 0.3) is 0 Å². The fraction of sp³-hybridized carbons (Fsp3) is 0.217. The second-order valence-electron chi connectivity index (χ2n) is 7.26. The number of nitrogens with zero attached hydrogens (tertiary/aromatic N) is 3. The molecule has 4 rings (SSSR count). The number of benzene rings is 2. The van der Waals surface area contributed by atoms with Gasteiger partial charge in [-0.1, -0.05) is 23.9 Å². The summed E-state index contributed by atoms with van der Waals surface area (Å²) in [6.07, 6.45) is 0. The van der Waals surface area contributed by atoms with Gasteiger partial charge in [-0.3, -0.25) is 19.9 Å². The molecule has 0 radical (unpaired) electrons. The number of hydrogen-bond acceptors (Lipinski definition) is 6. The van der Waals surface area contributed by atoms with Crippen LogP contribution in [0.4, 0.5) is 5.69 Å². The Kier molecular flexibility index (Phi) is 6.27. The van der Waals surface area contributed by atoms with Crippen LogP contribution in [0, 0.1) is 19.3 Å². The molecular weight excluding hydrogens is 424 g/mol. The lowest BCUT2D eigenvalue weighted by Gasteiger charge is -2.14. The summed E-state index contributed by atoms with van der Waals surface area (Å²) in [5.74, 6) is 0.732. The van der Waals surface area contributed by atoms with Crippen LogP contribution in [0.1, 0.15) is 18.2 Å². The van der Waals surface area contributed by atoms with Crippen LogP contribution in [0.25, 0.3) is 16.7 Å². The molecule has 164 valence electrons. The molecule has 4 aromatic rings. The van der Waals surface area contributed by atoms with E-state index in [0.29, 0.717) is 28.5 Å². The normalized spacial score (nSPS) is 11.0. The first-order valence-electron chi connectivity index (χ1n) is 10.2. The predicted molar refractivity (Wildman–Crippen MR) is 126 cm³/mol. The lowest BCUT2D eigenvalue weighted by Crippen LogP contribution is -2.23. The number of aromatic nitrogens is 4. The molecule has 2 aromatic carbocycles. The number of H-pyrrole nitrogens is 1. The number of hydrogen-bond donors (Lipinski definition) is 3. The van der Waals surface area contributed by atoms with Gasteiger partial charge >= 0.3 is 0 Å². The standard InChI is InChI=1S/C23H24N6O2S/c1-4-31-18-10-8-16(9-11-18)25-19(30)13-32-23-26-22-20(15(3)27-28-22)21(24)29(23)17-7-5-6-14(2)12-17/h5-12,24H,4,13H2,1-3H3,(H,25,30)(H,27,28). The van der Waals surface area contributed by atoms with E-state index in [1.165, 1.54) is 11.8 Å². The van der Waals surface area contributed by atoms with Gasteiger partial charge in [-0.05, 0) is 62.7 Å². The van der Waals surface area contributed by atoms with E-state index in [-0.39, 0.29) is 17.1 Å². The number of fused-ring (bicyclic) bond motifs is 1. The lowest BCUT2D eigenvalue weighted by molar-refractivity contribution is -0.113. The minimum atomic E-state index is -0.165. The third-order valence-electron chi connectivity index (χ3n) is 4.82. The summed E-state index contributed by atoms with van der Waals surface area (Å²) in [5, 5.41) is 20.0. The SMILES string of the molecule is CCOc1ccc(NC(=O)CSc2nc3n[nH]c(C)c3c(=N)n2-c2cccc(C)c2)cc1. The molecule has 0 aliphatic heterocycles. The fourth-order valence-corrected chi connectivity index (χ4v) is 4.17. The third-order valence-corrected chi connectivity index (χ3v) is 5.76. The highest BCUT2D eigenvalue weighted by molar-refractivity contribution is 7.99. The van der Waals surface area contributed by atoms with Gasteiger partial charge < -0.3 is 10.1 Å². The Labute approximate surface area is 189 Å². The maximum atomic E-state index is 12.6. The molecule has 32 heavy (non-hydrogen) atoms. The second-order valence-corrected chi connectivity index (χ2v) is 8.20. The highest BCUT2D eigenvalue weighted by atomic mass is 32.2. The van der Waals surface area contributed by atoms with Crippen molar-refractivity contribution in [2.75, 3.05) is 17.7 Å². The molecule has 0 atom stereocenters. The van der Waals surface area contributed by atoms with Gasteiger partial charge in [0.2, 0.25) is 5.91 Å². The third kappa shape index (κ3) is 4.52. The Bertz CT molecular complexity index is 1330. The van der Waals surface area contributed by atoms with E-state index in [1.54, 1.807) is 16.7 Å². The first-order chi connectivity index (χ1) is 15.5. The van der Waals surface area contributed by atoms with E-state index in [4.69, 9.17) is 10.1 Å². The number of amides is 1. The molecule has 0 unspecified atom stereocenters. The summed E-state index contributed by atoms with van der Waals surface area (Å²) >= 11 is 1.27. The number of aromatic amines is 1. The highest BCUT2D eigenvalue weighted by Gasteiger charge is 2.16. The number of ether oxygens (including phenoxy) is 1. The average molecular weight is 449 g/mol. The van der Waals surface area contributed by atoms with Crippen molar-refractivity contribution < 1.29 is 9.53 Å². The molecule has 0 saturated carbocycles. The minimum absolute atomic E-state index is 0.139. The van der Waals surface area contributed by atoms with Crippen molar-refractivity contribution in [1.82, 2.24) is 19.7 Å². The number of carbonyl (C=O) groups is 1. The van der Waals surface area contributed by atoms with Crippen molar-refractivity contribution in [2.24, 2.45) is 0 Å². The zero-order valence-corrected chi connectivity index (χ0v) is 18.9. The second kappa shape index (κ2) is 9.27. The van der Waals surface area contributed by atoms with E-state index >= 15 is 0 Å². The van der Waals surface area contributed by atoms with E-state index in [0.717, 1.165) is 22.7 Å². The molecule has 0 aliphatic carbocycles. The van der Waals surface area contributed by atoms with Crippen molar-refractivity contribution in [1.29, 1.82) is 5.41 Å². The largest absolute Gasteiger partial charge is 0.494 e. The van der Waals surface area contributed by atoms with Crippen LogP contribution in [0.3, 0.4) is 0 Å². The van der Waals surface area contributed by atoms with Crippen LogP contribution < -0.4 is 15.5 Å². The first kappa shape index (κ1) is 21.6. The molecule has 0 saturated heterocycles. The van der Waals surface area contributed by atoms with E-state index in [1.807, 2.05) is 57.2 Å². The summed E-state index contributed by atoms with van der Waals surface area (Å²) in [4.78, 5) is 17.2. The summed E-state index contributed by atoms with van der Waals surface area (Å²) in [7, 11) is 0. The molecule has 2 heterocycles. The van der Waals surface area contributed by atoms with Gasteiger partial charge in [0.05, 0.1) is 17.7 Å². The number of thioether (sulfide) groups is 1. The van der Waals surface area contributed by atoms with Gasteiger partial charge in [0, 0.05) is 17.1 Å². The predicted octanol–water partition coefficient (Wildman–Crippen LogP) is 3.97. The van der Waals surface area contributed by atoms with E-state index in [9.17, 15) is 4.79 Å². The lowest BCUT2D eigenvalue weighted by atomic mass is 10.2. The van der Waals surface area contributed by atoms with Crippen LogP contribution in [0.15, 0.2) is 53.7 Å². The van der Waals surface area contributed by atoms with Crippen molar-refractivity contribution in [3.63, 3.8) is 0 Å². The van der Waals surface area contributed by atoms with Crippen molar-refractivity contribution >= 4 is 34.4 Å². The molecule has 9 heteroatoms. The Hall–Kier alpha value is -3.59. The van der Waals surface area contributed by atoms with Crippen molar-refractivity contribution in [3.8, 4) is 11.4 Å². The van der Waals surface area contributed by atoms with Crippen molar-refractivity contribution in [2.45, 2.75) is 25.9 Å². The molecule has 3 N–H and O–H groups in total. The zero-order chi connectivity index (χ0) is 22.7. The van der Waals surface area contributed by atoms with Gasteiger partial charge in [0.15, 0.2) is 10.8 Å². The summed E-state index contributed by atoms with van der Waals surface area (Å²) in [6, 6.07) is 15.1. The first-order valence-corrected chi connectivity index (χ1v) is 11.2. The minimum Gasteiger partial charge on any atom is -0.494 e. The smallest absolute Gasteiger partial charge is 0.234 e. The molecule has 8 nitrogen and oxygen atoms in total. The quantitative estimate of drug-likeness (QED) is 0.293. The molecule has 0 spiro atoms. The maximum Gasteiger partial charge on any atom is 0.234 e. The van der Waals surface area contributed by atoms with Gasteiger partial charge in [-0.15, -0.1) is 0 Å². The summed E-state index contributed by atoms with van der Waals surface area (Å²) in [5.41, 5.74) is 4.11. The van der Waals surface area contributed by atoms with Crippen LogP contribution in [0.2, 0.25) is 0 Å². The van der Waals surface area contributed by atoms with Gasteiger partial charge in [-0.25, -0.2) is 4.98 Å². The molecule has 1 amide bonds. The van der Waals surface area contributed by atoms with Crippen LogP contribution in [-0.2, 0) is 4.79 Å². The van der Waals surface area contributed by atoms with Crippen LogP contribution >= 0.6 is 11.8 Å². The number of aryl methyl sites for hydroxylation is 2. The molecular formula is C23H24N6O2S. The number of carbonyl (C=O) groups excluding carboxylic acids is 1. The molecule has 0 bridgehead atoms. The number of anilines is 1. The number of rotatable bonds is 7. The molecule has 0 fully saturated rings. The van der Waals surface area contributed by atoms with Crippen LogP contribution in [0.5, 0.6) is 5.75 Å². The summed E-state index contributed by atoms with van der Waals surface area (Å²) < 4.78 is 7.19. The average Bonchev–Trinajstić information content (AvgIpc) is 3.15. The Morgan fingerprint density at radius 1 is 1.22 bits per heavy atom. The van der Waals surface area contributed by atoms with Crippen LogP contribution in [-0.4, -0.2) is 38.0 Å². The van der Waals surface area contributed by atoms with E-state index < -0.39 is 0 Å². The topological polar surface area (TPSA) is 109 Å².